The standard InChI is InChI=1S/C14H18BrFN2O3S/c1-2-18(11-5-6-22(20,21)9-11)14(19)8-17-13-4-3-10(15)7-12(13)16/h3-4,7,11,17H,2,5-6,8-9H2,1H3. The van der Waals surface area contributed by atoms with Crippen LogP contribution in [0, 0.1) is 5.82 Å². The number of carbonyl (C=O) groups is 1. The number of hydrogen-bond acceptors (Lipinski definition) is 4. The second-order valence-electron chi connectivity index (χ2n) is 5.21. The summed E-state index contributed by atoms with van der Waals surface area (Å²) in [6, 6.07) is 4.26. The minimum atomic E-state index is -3.04. The first kappa shape index (κ1) is 17.2. The fourth-order valence-electron chi connectivity index (χ4n) is 2.56. The van der Waals surface area contributed by atoms with Gasteiger partial charge in [0.25, 0.3) is 0 Å². The maximum Gasteiger partial charge on any atom is 0.242 e. The molecule has 1 aromatic carbocycles. The SMILES string of the molecule is CCN(C(=O)CNc1ccc(Br)cc1F)C1CCS(=O)(=O)C1. The molecule has 22 heavy (non-hydrogen) atoms. The Morgan fingerprint density at radius 1 is 1.50 bits per heavy atom. The van der Waals surface area contributed by atoms with Crippen molar-refractivity contribution in [1.29, 1.82) is 0 Å². The Bertz CT molecular complexity index is 666. The van der Waals surface area contributed by atoms with Gasteiger partial charge in [-0.2, -0.15) is 0 Å². The molecule has 1 N–H and O–H groups in total. The lowest BCUT2D eigenvalue weighted by Gasteiger charge is -2.27. The van der Waals surface area contributed by atoms with Crippen LogP contribution < -0.4 is 5.32 Å². The molecule has 0 spiro atoms. The number of sulfone groups is 1. The average Bonchev–Trinajstić information content (AvgIpc) is 2.78. The van der Waals surface area contributed by atoms with Gasteiger partial charge in [0.05, 0.1) is 23.7 Å². The van der Waals surface area contributed by atoms with Crippen LogP contribution in [0.5, 0.6) is 0 Å². The van der Waals surface area contributed by atoms with E-state index in [2.05, 4.69) is 21.2 Å². The summed E-state index contributed by atoms with van der Waals surface area (Å²) in [5.41, 5.74) is 0.242. The Morgan fingerprint density at radius 3 is 2.77 bits per heavy atom. The van der Waals surface area contributed by atoms with Crippen LogP contribution in [0.2, 0.25) is 0 Å². The van der Waals surface area contributed by atoms with Gasteiger partial charge in [0.2, 0.25) is 5.91 Å². The molecule has 0 bridgehead atoms. The van der Waals surface area contributed by atoms with Gasteiger partial charge in [-0.1, -0.05) is 15.9 Å². The summed E-state index contributed by atoms with van der Waals surface area (Å²) in [6.45, 7) is 2.18. The van der Waals surface area contributed by atoms with Gasteiger partial charge in [0.15, 0.2) is 9.84 Å². The highest BCUT2D eigenvalue weighted by Crippen LogP contribution is 2.20. The minimum Gasteiger partial charge on any atom is -0.374 e. The minimum absolute atomic E-state index is 0.0131. The number of amides is 1. The third-order valence-electron chi connectivity index (χ3n) is 3.67. The van der Waals surface area contributed by atoms with Crippen molar-refractivity contribution >= 4 is 37.4 Å². The molecular formula is C14H18BrFN2O3S. The third kappa shape index (κ3) is 4.19. The van der Waals surface area contributed by atoms with E-state index < -0.39 is 15.7 Å². The molecule has 1 aliphatic rings. The molecule has 1 saturated heterocycles. The van der Waals surface area contributed by atoms with Crippen molar-refractivity contribution in [2.45, 2.75) is 19.4 Å². The molecule has 0 aliphatic carbocycles. The molecule has 0 radical (unpaired) electrons. The van der Waals surface area contributed by atoms with Gasteiger partial charge in [0, 0.05) is 17.1 Å². The monoisotopic (exact) mass is 392 g/mol. The van der Waals surface area contributed by atoms with Crippen molar-refractivity contribution in [3.05, 3.63) is 28.5 Å². The molecule has 1 aliphatic heterocycles. The van der Waals surface area contributed by atoms with Gasteiger partial charge in [0.1, 0.15) is 5.82 Å². The van der Waals surface area contributed by atoms with Gasteiger partial charge in [-0.05, 0) is 31.5 Å². The van der Waals surface area contributed by atoms with E-state index in [1.165, 1.54) is 6.07 Å². The van der Waals surface area contributed by atoms with E-state index in [9.17, 15) is 17.6 Å². The first-order valence-electron chi connectivity index (χ1n) is 7.01. The van der Waals surface area contributed by atoms with Crippen LogP contribution in [0.25, 0.3) is 0 Å². The molecule has 8 heteroatoms. The molecule has 1 aromatic rings. The Morgan fingerprint density at radius 2 is 2.23 bits per heavy atom. The maximum atomic E-state index is 13.7. The summed E-state index contributed by atoms with van der Waals surface area (Å²) >= 11 is 3.17. The van der Waals surface area contributed by atoms with E-state index in [1.54, 1.807) is 17.0 Å². The molecule has 122 valence electrons. The Hall–Kier alpha value is -1.15. The van der Waals surface area contributed by atoms with Crippen LogP contribution in [0.1, 0.15) is 13.3 Å². The third-order valence-corrected chi connectivity index (χ3v) is 5.92. The number of benzene rings is 1. The summed E-state index contributed by atoms with van der Waals surface area (Å²) in [5.74, 6) is -0.546. The van der Waals surface area contributed by atoms with E-state index in [0.29, 0.717) is 17.4 Å². The molecular weight excluding hydrogens is 375 g/mol. The van der Waals surface area contributed by atoms with Crippen molar-refractivity contribution in [2.75, 3.05) is 29.9 Å². The van der Waals surface area contributed by atoms with Crippen LogP contribution in [0.15, 0.2) is 22.7 Å². The number of halogens is 2. The Labute approximate surface area is 137 Å². The van der Waals surface area contributed by atoms with Crippen LogP contribution >= 0.6 is 15.9 Å². The second kappa shape index (κ2) is 6.95. The molecule has 0 saturated carbocycles. The zero-order valence-corrected chi connectivity index (χ0v) is 14.6. The molecule has 1 amide bonds. The molecule has 1 unspecified atom stereocenters. The zero-order valence-electron chi connectivity index (χ0n) is 12.2. The Balaban J connectivity index is 1.98. The highest BCUT2D eigenvalue weighted by Gasteiger charge is 2.33. The van der Waals surface area contributed by atoms with Gasteiger partial charge in [-0.3, -0.25) is 4.79 Å². The van der Waals surface area contributed by atoms with E-state index in [1.807, 2.05) is 6.92 Å². The topological polar surface area (TPSA) is 66.5 Å². The van der Waals surface area contributed by atoms with Crippen molar-refractivity contribution in [3.8, 4) is 0 Å². The first-order valence-corrected chi connectivity index (χ1v) is 9.62. The largest absolute Gasteiger partial charge is 0.374 e. The van der Waals surface area contributed by atoms with Crippen LogP contribution in [0.3, 0.4) is 0 Å². The number of rotatable bonds is 5. The van der Waals surface area contributed by atoms with Gasteiger partial charge < -0.3 is 10.2 Å². The molecule has 0 aromatic heterocycles. The van der Waals surface area contributed by atoms with Crippen LogP contribution in [0.4, 0.5) is 10.1 Å². The summed E-state index contributed by atoms with van der Waals surface area (Å²) in [6.07, 6.45) is 0.467. The number of likely N-dealkylation sites (N-methyl/N-ethyl adjacent to an activating group) is 1. The predicted octanol–water partition coefficient (Wildman–Crippen LogP) is 2.04. The highest BCUT2D eigenvalue weighted by molar-refractivity contribution is 9.10. The normalized spacial score (nSPS) is 19.9. The first-order chi connectivity index (χ1) is 10.3. The average molecular weight is 393 g/mol. The second-order valence-corrected chi connectivity index (χ2v) is 8.36. The summed E-state index contributed by atoms with van der Waals surface area (Å²) in [5, 5.41) is 2.76. The van der Waals surface area contributed by atoms with Crippen LogP contribution in [-0.2, 0) is 14.6 Å². The lowest BCUT2D eigenvalue weighted by molar-refractivity contribution is -0.130. The van der Waals surface area contributed by atoms with Crippen molar-refractivity contribution in [3.63, 3.8) is 0 Å². The molecule has 1 heterocycles. The summed E-state index contributed by atoms with van der Waals surface area (Å²) in [4.78, 5) is 13.8. The van der Waals surface area contributed by atoms with Crippen molar-refractivity contribution < 1.29 is 17.6 Å². The number of nitrogens with zero attached hydrogens (tertiary/aromatic N) is 1. The number of nitrogens with one attached hydrogen (secondary N) is 1. The zero-order chi connectivity index (χ0) is 16.3. The van der Waals surface area contributed by atoms with Gasteiger partial charge in [-0.15, -0.1) is 0 Å². The highest BCUT2D eigenvalue weighted by atomic mass is 79.9. The van der Waals surface area contributed by atoms with E-state index in [-0.39, 0.29) is 35.7 Å². The maximum absolute atomic E-state index is 13.7. The van der Waals surface area contributed by atoms with Crippen molar-refractivity contribution in [2.24, 2.45) is 0 Å². The van der Waals surface area contributed by atoms with E-state index >= 15 is 0 Å². The molecule has 5 nitrogen and oxygen atoms in total. The van der Waals surface area contributed by atoms with Gasteiger partial charge >= 0.3 is 0 Å². The number of anilines is 1. The fourth-order valence-corrected chi connectivity index (χ4v) is 4.63. The molecule has 1 atom stereocenters. The quantitative estimate of drug-likeness (QED) is 0.832. The lowest BCUT2D eigenvalue weighted by Crippen LogP contribution is -2.43. The fraction of sp³-hybridized carbons (Fsp3) is 0.500. The lowest BCUT2D eigenvalue weighted by atomic mass is 10.2. The van der Waals surface area contributed by atoms with E-state index in [4.69, 9.17) is 0 Å². The summed E-state index contributed by atoms with van der Waals surface area (Å²) < 4.78 is 37.4. The van der Waals surface area contributed by atoms with Gasteiger partial charge in [-0.25, -0.2) is 12.8 Å². The molecule has 2 rings (SSSR count). The summed E-state index contributed by atoms with van der Waals surface area (Å²) in [7, 11) is -3.04. The van der Waals surface area contributed by atoms with Crippen molar-refractivity contribution in [1.82, 2.24) is 4.90 Å². The Kier molecular flexibility index (Phi) is 5.44. The predicted molar refractivity (Wildman–Crippen MR) is 87.0 cm³/mol. The molecule has 1 fully saturated rings. The number of carbonyl (C=O) groups excluding carboxylic acids is 1. The number of hydrogen-bond donors (Lipinski definition) is 1. The van der Waals surface area contributed by atoms with Crippen LogP contribution in [-0.4, -0.2) is 49.9 Å². The smallest absolute Gasteiger partial charge is 0.242 e. The van der Waals surface area contributed by atoms with E-state index in [0.717, 1.165) is 0 Å².